The minimum atomic E-state index is -1.05. The molecule has 0 aromatic heterocycles. The Labute approximate surface area is 482 Å². The zero-order valence-corrected chi connectivity index (χ0v) is 48.4. The topological polar surface area (TPSA) is 236 Å². The Balaban J connectivity index is 0.000000227. The van der Waals surface area contributed by atoms with Crippen LogP contribution in [0.15, 0.2) is 127 Å². The van der Waals surface area contributed by atoms with E-state index in [1.54, 1.807) is 55.5 Å². The molecule has 4 aliphatic heterocycles. The van der Waals surface area contributed by atoms with Crippen molar-refractivity contribution < 1.29 is 49.1 Å². The zero-order chi connectivity index (χ0) is 59.5. The molecular formula is C66H78N6O10-2. The largest absolute Gasteiger partial charge is 0.872 e. The molecule has 0 saturated carbocycles. The van der Waals surface area contributed by atoms with Gasteiger partial charge in [-0.2, -0.15) is 0 Å². The Morgan fingerprint density at radius 1 is 0.561 bits per heavy atom. The van der Waals surface area contributed by atoms with Crippen molar-refractivity contribution in [3.05, 3.63) is 194 Å². The number of hydrogen-bond donors (Lipinski definition) is 6. The maximum atomic E-state index is 12.9. The molecule has 0 saturated heterocycles. The number of phenols is 1. The highest BCUT2D eigenvalue weighted by molar-refractivity contribution is 6.01. The monoisotopic (exact) mass is 1110 g/mol. The van der Waals surface area contributed by atoms with Crippen molar-refractivity contribution in [2.75, 3.05) is 49.2 Å². The summed E-state index contributed by atoms with van der Waals surface area (Å²) in [5.41, 5.74) is 10.1. The standard InChI is InChI=1S/C34H32N4O4.C19H26NO5.C13H21NO/c1-21-11-27-15-28(12-21)32(40)36-18-24-5-9-26(10-6-24)20-38-34(42)30-14-22(2)13-29(16-30)33(41)37-19-25-7-3-23(4-8-25)17-35-31(27)39;1-4-7-20(8-9-25-11-12(2)21)14-5-6-15(16(22)10-14)17-18(23)13(3)19(17)24;1-4-8-14(9-5-2)12-7-6-11(3)13(15)10-12/h3-16H,17-20H2,1-2H3,(H,35,39)(H,36,40)(H,37,41)(H,38,42);5-6,10,13,18,22,24H,4,7-9,11H2,1-3H3;6-7,10,15H,4-5,8-9H2,1-3H3/q;-1;/p-1. The van der Waals surface area contributed by atoms with E-state index in [-0.39, 0.29) is 58.7 Å². The van der Waals surface area contributed by atoms with Gasteiger partial charge in [0.25, 0.3) is 23.6 Å². The fourth-order valence-corrected chi connectivity index (χ4v) is 9.42. The van der Waals surface area contributed by atoms with Crippen LogP contribution in [0.5, 0.6) is 11.5 Å². The summed E-state index contributed by atoms with van der Waals surface area (Å²) in [6.45, 7) is 20.3. The molecule has 5 aliphatic rings. The number of ketones is 1. The Bertz CT molecular complexity index is 2970. The number of hydrogen-bond acceptors (Lipinski definition) is 12. The van der Waals surface area contributed by atoms with Gasteiger partial charge in [-0.1, -0.05) is 100 Å². The predicted molar refractivity (Wildman–Crippen MR) is 318 cm³/mol. The lowest BCUT2D eigenvalue weighted by Gasteiger charge is -2.43. The molecule has 8 bridgehead atoms. The first kappa shape index (κ1) is 62.7. The fraction of sp³-hybridized carbons (Fsp3) is 0.348. The van der Waals surface area contributed by atoms with Gasteiger partial charge < -0.3 is 56.2 Å². The molecule has 434 valence electrons. The first-order chi connectivity index (χ1) is 39.3. The lowest BCUT2D eigenvalue weighted by molar-refractivity contribution is -0.416. The van der Waals surface area contributed by atoms with Crippen LogP contribution in [-0.2, 0) is 35.7 Å². The molecule has 0 fully saturated rings. The number of benzene rings is 6. The zero-order valence-electron chi connectivity index (χ0n) is 48.4. The third kappa shape index (κ3) is 17.8. The number of phenolic OH excluding ortho intramolecular Hbond substituents is 1. The van der Waals surface area contributed by atoms with Crippen molar-refractivity contribution in [3.8, 4) is 11.5 Å². The van der Waals surface area contributed by atoms with Gasteiger partial charge in [0.2, 0.25) is 0 Å². The Kier molecular flexibility index (Phi) is 23.2. The van der Waals surface area contributed by atoms with E-state index in [0.29, 0.717) is 67.3 Å². The number of ether oxygens (including phenoxy) is 1. The van der Waals surface area contributed by atoms with Gasteiger partial charge in [0.15, 0.2) is 5.78 Å². The van der Waals surface area contributed by atoms with Gasteiger partial charge in [-0.05, 0) is 152 Å². The lowest BCUT2D eigenvalue weighted by Crippen LogP contribution is -2.43. The Morgan fingerprint density at radius 3 is 1.29 bits per heavy atom. The van der Waals surface area contributed by atoms with Crippen molar-refractivity contribution >= 4 is 46.4 Å². The summed E-state index contributed by atoms with van der Waals surface area (Å²) in [6.07, 6.45) is 2.11. The molecule has 6 aromatic carbocycles. The van der Waals surface area contributed by atoms with E-state index >= 15 is 0 Å². The number of rotatable bonds is 14. The Hall–Kier alpha value is -8.47. The second kappa shape index (κ2) is 30.4. The molecular weight excluding hydrogens is 1040 g/mol. The van der Waals surface area contributed by atoms with Crippen LogP contribution in [-0.4, -0.2) is 85.1 Å². The van der Waals surface area contributed by atoms with Gasteiger partial charge in [-0.3, -0.25) is 24.0 Å². The number of carbonyl (C=O) groups is 5. The Morgan fingerprint density at radius 2 is 0.939 bits per heavy atom. The minimum absolute atomic E-state index is 0.0212. The molecule has 16 heteroatoms. The number of amides is 4. The number of aromatic hydroxyl groups is 1. The first-order valence-electron chi connectivity index (χ1n) is 28.1. The minimum Gasteiger partial charge on any atom is -0.872 e. The van der Waals surface area contributed by atoms with Crippen LogP contribution in [0.2, 0.25) is 0 Å². The quantitative estimate of drug-likeness (QED) is 0.0561. The van der Waals surface area contributed by atoms with E-state index in [2.05, 4.69) is 46.1 Å². The molecule has 2 unspecified atom stereocenters. The number of nitrogens with one attached hydrogen (secondary N) is 4. The number of Topliss-reactive ketones (excluding diaryl/α,β-unsaturated/α-hetero) is 1. The number of aliphatic hydroxyl groups excluding tert-OH is 1. The summed E-state index contributed by atoms with van der Waals surface area (Å²) in [7, 11) is 0. The highest BCUT2D eigenvalue weighted by Crippen LogP contribution is 2.41. The number of aliphatic hydroxyl groups is 1. The van der Waals surface area contributed by atoms with E-state index in [0.717, 1.165) is 89.2 Å². The summed E-state index contributed by atoms with van der Waals surface area (Å²) < 4.78 is 5.30. The second-order valence-electron chi connectivity index (χ2n) is 20.9. The molecule has 82 heavy (non-hydrogen) atoms. The van der Waals surface area contributed by atoms with Crippen LogP contribution < -0.4 is 41.3 Å². The molecule has 0 spiro atoms. The van der Waals surface area contributed by atoms with Crippen LogP contribution in [0.25, 0.3) is 5.57 Å². The van der Waals surface area contributed by atoms with E-state index in [1.165, 1.54) is 13.0 Å². The van der Waals surface area contributed by atoms with Gasteiger partial charge in [0.05, 0.1) is 12.4 Å². The molecule has 4 heterocycles. The van der Waals surface area contributed by atoms with E-state index < -0.39 is 12.0 Å². The predicted octanol–water partition coefficient (Wildman–Crippen LogP) is 8.89. The maximum absolute atomic E-state index is 12.9. The van der Waals surface area contributed by atoms with Gasteiger partial charge in [-0.15, -0.1) is 0 Å². The van der Waals surface area contributed by atoms with E-state index in [9.17, 15) is 44.4 Å². The van der Waals surface area contributed by atoms with Crippen molar-refractivity contribution in [2.45, 2.75) is 107 Å². The van der Waals surface area contributed by atoms with Crippen LogP contribution in [0.4, 0.5) is 11.4 Å². The van der Waals surface area contributed by atoms with Crippen molar-refractivity contribution in [1.82, 2.24) is 21.3 Å². The van der Waals surface area contributed by atoms with Crippen molar-refractivity contribution in [3.63, 3.8) is 0 Å². The van der Waals surface area contributed by atoms with Gasteiger partial charge in [-0.25, -0.2) is 0 Å². The van der Waals surface area contributed by atoms with Crippen LogP contribution in [0, 0.1) is 26.7 Å². The molecule has 11 rings (SSSR count). The fourth-order valence-electron chi connectivity index (χ4n) is 9.42. The number of aryl methyl sites for hydroxylation is 3. The molecule has 0 radical (unpaired) electrons. The van der Waals surface area contributed by atoms with Crippen LogP contribution in [0.1, 0.15) is 140 Å². The summed E-state index contributed by atoms with van der Waals surface area (Å²) in [4.78, 5) is 66.9. The molecule has 1 aliphatic carbocycles. The van der Waals surface area contributed by atoms with Crippen LogP contribution in [0.3, 0.4) is 0 Å². The van der Waals surface area contributed by atoms with Crippen molar-refractivity contribution in [2.24, 2.45) is 5.92 Å². The summed E-state index contributed by atoms with van der Waals surface area (Å²) in [6, 6.07) is 36.1. The highest BCUT2D eigenvalue weighted by atomic mass is 16.5. The molecule has 4 amide bonds. The second-order valence-corrected chi connectivity index (χ2v) is 20.9. The third-order valence-corrected chi connectivity index (χ3v) is 14.0. The molecule has 16 nitrogen and oxygen atoms in total. The highest BCUT2D eigenvalue weighted by Gasteiger charge is 2.30. The van der Waals surface area contributed by atoms with Crippen molar-refractivity contribution in [1.29, 1.82) is 0 Å². The first-order valence-corrected chi connectivity index (χ1v) is 28.1. The molecule has 6 aromatic rings. The van der Waals surface area contributed by atoms with Gasteiger partial charge in [0, 0.05) is 98.0 Å². The lowest BCUT2D eigenvalue weighted by atomic mass is 9.78. The van der Waals surface area contributed by atoms with Gasteiger partial charge >= 0.3 is 0 Å². The normalized spacial score (nSPS) is 15.3. The summed E-state index contributed by atoms with van der Waals surface area (Å²) in [5, 5.41) is 55.5. The van der Waals surface area contributed by atoms with Crippen LogP contribution >= 0.6 is 0 Å². The summed E-state index contributed by atoms with van der Waals surface area (Å²) >= 11 is 0. The third-order valence-electron chi connectivity index (χ3n) is 14.0. The average molecular weight is 1120 g/mol. The smallest absolute Gasteiger partial charge is 0.251 e. The molecule has 2 atom stereocenters. The summed E-state index contributed by atoms with van der Waals surface area (Å²) in [5.74, 6) is -1.41. The number of nitrogens with zero attached hydrogens (tertiary/aromatic N) is 2. The average Bonchev–Trinajstić information content (AvgIpc) is 3.65. The number of anilines is 2. The number of carbonyl (C=O) groups excluding carboxylic acids is 5. The SMILES string of the molecule is CCCN(CCC)c1ccc(C)c(O)c1.CCCN(CCOCC(C)=O)c1ccc(C2=C(O)C(C)C2[O-])c([O-])c1.Cc1cc2cc(c1)C(=O)NCc1ccc(cc1)CNC(=O)c1cc(C)cc(c1)C(=O)NCc1ccc(cc1)CNC2=O. The molecule has 6 N–H and O–H groups in total. The van der Waals surface area contributed by atoms with E-state index in [1.807, 2.05) is 93.3 Å². The van der Waals surface area contributed by atoms with Gasteiger partial charge in [0.1, 0.15) is 12.4 Å². The maximum Gasteiger partial charge on any atom is 0.251 e. The van der Waals surface area contributed by atoms with E-state index in [4.69, 9.17) is 4.74 Å².